The molecule has 0 saturated carbocycles. The van der Waals surface area contributed by atoms with E-state index in [0.29, 0.717) is 6.61 Å². The van der Waals surface area contributed by atoms with E-state index < -0.39 is 0 Å². The van der Waals surface area contributed by atoms with Crippen molar-refractivity contribution in [3.8, 4) is 11.5 Å². The molecule has 0 radical (unpaired) electrons. The summed E-state index contributed by atoms with van der Waals surface area (Å²) < 4.78 is 11.3. The largest absolute Gasteiger partial charge is 0.496 e. The number of hydrogen-bond acceptors (Lipinski definition) is 3. The van der Waals surface area contributed by atoms with Crippen LogP contribution in [-0.4, -0.2) is 13.7 Å². The number of nitrogens with one attached hydrogen (secondary N) is 1. The summed E-state index contributed by atoms with van der Waals surface area (Å²) in [5.74, 6) is 1.78. The second kappa shape index (κ2) is 7.70. The monoisotopic (exact) mass is 285 g/mol. The van der Waals surface area contributed by atoms with Crippen molar-refractivity contribution in [1.29, 1.82) is 0 Å². The van der Waals surface area contributed by atoms with Crippen molar-refractivity contribution in [1.82, 2.24) is 5.32 Å². The lowest BCUT2D eigenvalue weighted by Crippen LogP contribution is -2.12. The maximum Gasteiger partial charge on any atom is 0.125 e. The minimum atomic E-state index is 0.508. The summed E-state index contributed by atoms with van der Waals surface area (Å²) in [7, 11) is 1.69. The van der Waals surface area contributed by atoms with Crippen LogP contribution in [0.15, 0.2) is 42.5 Å². The minimum Gasteiger partial charge on any atom is -0.496 e. The standard InChI is InChI=1S/C18H23NO2/c1-4-19-12-15-9-10-18(20-3)16(11-15)13-21-17-8-6-5-7-14(17)2/h5-11,19H,4,12-13H2,1-3H3. The fraction of sp³-hybridized carbons (Fsp3) is 0.333. The van der Waals surface area contributed by atoms with Crippen molar-refractivity contribution in [3.63, 3.8) is 0 Å². The summed E-state index contributed by atoms with van der Waals surface area (Å²) in [6.07, 6.45) is 0. The van der Waals surface area contributed by atoms with Gasteiger partial charge in [0.1, 0.15) is 18.1 Å². The van der Waals surface area contributed by atoms with Crippen molar-refractivity contribution in [3.05, 3.63) is 59.2 Å². The summed E-state index contributed by atoms with van der Waals surface area (Å²) in [6.45, 7) is 6.48. The number of ether oxygens (including phenoxy) is 2. The summed E-state index contributed by atoms with van der Waals surface area (Å²) in [5, 5.41) is 3.33. The highest BCUT2D eigenvalue weighted by Crippen LogP contribution is 2.23. The van der Waals surface area contributed by atoms with Crippen molar-refractivity contribution < 1.29 is 9.47 Å². The van der Waals surface area contributed by atoms with E-state index in [9.17, 15) is 0 Å². The Morgan fingerprint density at radius 2 is 1.86 bits per heavy atom. The molecule has 21 heavy (non-hydrogen) atoms. The normalized spacial score (nSPS) is 10.4. The van der Waals surface area contributed by atoms with Crippen LogP contribution in [0.1, 0.15) is 23.6 Å². The second-order valence-corrected chi connectivity index (χ2v) is 4.98. The molecule has 0 atom stereocenters. The van der Waals surface area contributed by atoms with E-state index in [1.165, 1.54) is 5.56 Å². The van der Waals surface area contributed by atoms with Crippen molar-refractivity contribution in [2.24, 2.45) is 0 Å². The lowest BCUT2D eigenvalue weighted by Gasteiger charge is -2.13. The first-order valence-electron chi connectivity index (χ1n) is 7.29. The molecule has 3 nitrogen and oxygen atoms in total. The molecule has 0 aliphatic rings. The Labute approximate surface area is 126 Å². The number of rotatable bonds is 7. The molecule has 0 aliphatic heterocycles. The van der Waals surface area contributed by atoms with E-state index in [1.807, 2.05) is 37.3 Å². The summed E-state index contributed by atoms with van der Waals surface area (Å²) in [4.78, 5) is 0. The molecule has 0 heterocycles. The quantitative estimate of drug-likeness (QED) is 0.841. The molecular formula is C18H23NO2. The fourth-order valence-corrected chi connectivity index (χ4v) is 2.20. The fourth-order valence-electron chi connectivity index (χ4n) is 2.20. The number of para-hydroxylation sites is 1. The Balaban J connectivity index is 2.12. The Kier molecular flexibility index (Phi) is 5.64. The van der Waals surface area contributed by atoms with Gasteiger partial charge in [0.05, 0.1) is 7.11 Å². The van der Waals surface area contributed by atoms with Gasteiger partial charge in [0.25, 0.3) is 0 Å². The summed E-state index contributed by atoms with van der Waals surface area (Å²) in [5.41, 5.74) is 3.44. The van der Waals surface area contributed by atoms with E-state index in [-0.39, 0.29) is 0 Å². The highest BCUT2D eigenvalue weighted by Gasteiger charge is 2.06. The third kappa shape index (κ3) is 4.23. The van der Waals surface area contributed by atoms with Crippen LogP contribution in [0.5, 0.6) is 11.5 Å². The van der Waals surface area contributed by atoms with Crippen molar-refractivity contribution in [2.45, 2.75) is 27.0 Å². The van der Waals surface area contributed by atoms with Gasteiger partial charge in [0, 0.05) is 12.1 Å². The van der Waals surface area contributed by atoms with Crippen LogP contribution in [0.4, 0.5) is 0 Å². The first kappa shape index (κ1) is 15.4. The molecule has 0 saturated heterocycles. The molecule has 2 rings (SSSR count). The van der Waals surface area contributed by atoms with E-state index >= 15 is 0 Å². The molecule has 0 bridgehead atoms. The lowest BCUT2D eigenvalue weighted by molar-refractivity contribution is 0.294. The highest BCUT2D eigenvalue weighted by atomic mass is 16.5. The van der Waals surface area contributed by atoms with Crippen LogP contribution in [0.3, 0.4) is 0 Å². The molecular weight excluding hydrogens is 262 g/mol. The van der Waals surface area contributed by atoms with Gasteiger partial charge in [0.15, 0.2) is 0 Å². The number of benzene rings is 2. The van der Waals surface area contributed by atoms with Gasteiger partial charge in [-0.3, -0.25) is 0 Å². The second-order valence-electron chi connectivity index (χ2n) is 4.98. The Hall–Kier alpha value is -2.00. The maximum atomic E-state index is 5.92. The topological polar surface area (TPSA) is 30.5 Å². The average Bonchev–Trinajstić information content (AvgIpc) is 2.52. The van der Waals surface area contributed by atoms with Crippen LogP contribution >= 0.6 is 0 Å². The van der Waals surface area contributed by atoms with E-state index in [4.69, 9.17) is 9.47 Å². The molecule has 2 aromatic rings. The van der Waals surface area contributed by atoms with E-state index in [1.54, 1.807) is 7.11 Å². The van der Waals surface area contributed by atoms with Crippen molar-refractivity contribution in [2.75, 3.05) is 13.7 Å². The Morgan fingerprint density at radius 1 is 1.05 bits per heavy atom. The van der Waals surface area contributed by atoms with Gasteiger partial charge < -0.3 is 14.8 Å². The summed E-state index contributed by atoms with van der Waals surface area (Å²) >= 11 is 0. The molecule has 0 fully saturated rings. The molecule has 2 aromatic carbocycles. The number of hydrogen-bond donors (Lipinski definition) is 1. The first-order chi connectivity index (χ1) is 10.2. The molecule has 0 aliphatic carbocycles. The molecule has 0 amide bonds. The number of methoxy groups -OCH3 is 1. The molecule has 3 heteroatoms. The van der Waals surface area contributed by atoms with Crippen LogP contribution in [0, 0.1) is 6.92 Å². The maximum absolute atomic E-state index is 5.92. The predicted molar refractivity (Wildman–Crippen MR) is 85.9 cm³/mol. The van der Waals surface area contributed by atoms with Crippen LogP contribution in [0.2, 0.25) is 0 Å². The third-order valence-corrected chi connectivity index (χ3v) is 3.40. The molecule has 112 valence electrons. The van der Waals surface area contributed by atoms with Gasteiger partial charge in [-0.25, -0.2) is 0 Å². The summed E-state index contributed by atoms with van der Waals surface area (Å²) in [6, 6.07) is 14.3. The van der Waals surface area contributed by atoms with E-state index in [0.717, 1.165) is 35.7 Å². The smallest absolute Gasteiger partial charge is 0.125 e. The van der Waals surface area contributed by atoms with Crippen LogP contribution in [0.25, 0.3) is 0 Å². The van der Waals surface area contributed by atoms with Crippen LogP contribution in [-0.2, 0) is 13.2 Å². The van der Waals surface area contributed by atoms with Gasteiger partial charge in [-0.05, 0) is 42.8 Å². The van der Waals surface area contributed by atoms with Gasteiger partial charge >= 0.3 is 0 Å². The lowest BCUT2D eigenvalue weighted by atomic mass is 10.1. The van der Waals surface area contributed by atoms with Gasteiger partial charge in [-0.2, -0.15) is 0 Å². The van der Waals surface area contributed by atoms with Crippen molar-refractivity contribution >= 4 is 0 Å². The van der Waals surface area contributed by atoms with Gasteiger partial charge in [0.2, 0.25) is 0 Å². The third-order valence-electron chi connectivity index (χ3n) is 3.40. The van der Waals surface area contributed by atoms with Gasteiger partial charge in [-0.15, -0.1) is 0 Å². The zero-order valence-corrected chi connectivity index (χ0v) is 13.0. The zero-order valence-electron chi connectivity index (χ0n) is 13.0. The molecule has 1 N–H and O–H groups in total. The van der Waals surface area contributed by atoms with E-state index in [2.05, 4.69) is 24.4 Å². The first-order valence-corrected chi connectivity index (χ1v) is 7.29. The SMILES string of the molecule is CCNCc1ccc(OC)c(COc2ccccc2C)c1. The Bertz CT molecular complexity index is 581. The molecule has 0 aromatic heterocycles. The Morgan fingerprint density at radius 3 is 2.57 bits per heavy atom. The molecule has 0 unspecified atom stereocenters. The zero-order chi connectivity index (χ0) is 15.1. The van der Waals surface area contributed by atoms with Gasteiger partial charge in [-0.1, -0.05) is 31.2 Å². The minimum absolute atomic E-state index is 0.508. The highest BCUT2D eigenvalue weighted by molar-refractivity contribution is 5.38. The number of aryl methyl sites for hydroxylation is 1. The predicted octanol–water partition coefficient (Wildman–Crippen LogP) is 3.69. The average molecular weight is 285 g/mol. The molecule has 0 spiro atoms. The van der Waals surface area contributed by atoms with Crippen LogP contribution < -0.4 is 14.8 Å².